The first-order valence-corrected chi connectivity index (χ1v) is 8.13. The SMILES string of the molecule is C[C@]12C=CC(=O)C=C1CC=C1[C@@H]2CC[C@]2(C)C(=O)CC[C@@H]12. The quantitative estimate of drug-likeness (QED) is 0.634. The van der Waals surface area contributed by atoms with Crippen molar-refractivity contribution in [2.45, 2.75) is 46.0 Å². The molecule has 0 saturated heterocycles. The molecule has 4 rings (SSSR count). The molecule has 0 amide bonds. The van der Waals surface area contributed by atoms with E-state index in [0.29, 0.717) is 17.6 Å². The number of Topliss-reactive ketones (excluding diaryl/α,β-unsaturated/α-hetero) is 1. The van der Waals surface area contributed by atoms with E-state index in [9.17, 15) is 9.59 Å². The molecule has 0 radical (unpaired) electrons. The van der Waals surface area contributed by atoms with Gasteiger partial charge in [-0.25, -0.2) is 0 Å². The third kappa shape index (κ3) is 1.59. The molecule has 2 fully saturated rings. The zero-order valence-electron chi connectivity index (χ0n) is 12.8. The molecule has 0 N–H and O–H groups in total. The van der Waals surface area contributed by atoms with Crippen molar-refractivity contribution in [1.82, 2.24) is 0 Å². The normalized spacial score (nSPS) is 44.7. The van der Waals surface area contributed by atoms with E-state index in [1.807, 2.05) is 6.08 Å². The molecule has 0 spiro atoms. The molecule has 2 saturated carbocycles. The van der Waals surface area contributed by atoms with E-state index < -0.39 is 0 Å². The Hall–Kier alpha value is -1.44. The lowest BCUT2D eigenvalue weighted by molar-refractivity contribution is -0.127. The first kappa shape index (κ1) is 13.2. The van der Waals surface area contributed by atoms with Crippen LogP contribution in [0.1, 0.15) is 46.0 Å². The molecular formula is C19H22O2. The highest BCUT2D eigenvalue weighted by atomic mass is 16.1. The Kier molecular flexibility index (Phi) is 2.56. The topological polar surface area (TPSA) is 34.1 Å². The van der Waals surface area contributed by atoms with Crippen molar-refractivity contribution in [3.63, 3.8) is 0 Å². The fraction of sp³-hybridized carbons (Fsp3) is 0.579. The molecule has 0 bridgehead atoms. The van der Waals surface area contributed by atoms with Crippen LogP contribution in [-0.4, -0.2) is 11.6 Å². The molecule has 4 aliphatic rings. The summed E-state index contributed by atoms with van der Waals surface area (Å²) in [4.78, 5) is 24.0. The summed E-state index contributed by atoms with van der Waals surface area (Å²) in [6, 6.07) is 0. The van der Waals surface area contributed by atoms with Crippen LogP contribution in [0.5, 0.6) is 0 Å². The smallest absolute Gasteiger partial charge is 0.178 e. The molecule has 2 heteroatoms. The van der Waals surface area contributed by atoms with Gasteiger partial charge in [-0.3, -0.25) is 9.59 Å². The van der Waals surface area contributed by atoms with Gasteiger partial charge in [0.1, 0.15) is 5.78 Å². The van der Waals surface area contributed by atoms with Gasteiger partial charge in [0, 0.05) is 17.3 Å². The van der Waals surface area contributed by atoms with Crippen molar-refractivity contribution < 1.29 is 9.59 Å². The molecule has 110 valence electrons. The lowest BCUT2D eigenvalue weighted by atomic mass is 9.52. The molecule has 0 aliphatic heterocycles. The summed E-state index contributed by atoms with van der Waals surface area (Å²) in [7, 11) is 0. The first-order chi connectivity index (χ1) is 9.95. The van der Waals surface area contributed by atoms with Crippen molar-refractivity contribution in [2.24, 2.45) is 22.7 Å². The fourth-order valence-corrected chi connectivity index (χ4v) is 5.29. The second kappa shape index (κ2) is 4.06. The fourth-order valence-electron chi connectivity index (χ4n) is 5.29. The number of rotatable bonds is 0. The Labute approximate surface area is 126 Å². The van der Waals surface area contributed by atoms with E-state index in [4.69, 9.17) is 0 Å². The van der Waals surface area contributed by atoms with Crippen molar-refractivity contribution >= 4 is 11.6 Å². The summed E-state index contributed by atoms with van der Waals surface area (Å²) in [5.41, 5.74) is 2.64. The number of carbonyl (C=O) groups is 2. The maximum atomic E-state index is 12.3. The number of fused-ring (bicyclic) bond motifs is 5. The highest BCUT2D eigenvalue weighted by Gasteiger charge is 2.55. The van der Waals surface area contributed by atoms with Crippen molar-refractivity contribution in [3.05, 3.63) is 35.5 Å². The predicted molar refractivity (Wildman–Crippen MR) is 81.6 cm³/mol. The van der Waals surface area contributed by atoms with Crippen LogP contribution in [0.2, 0.25) is 0 Å². The van der Waals surface area contributed by atoms with Crippen molar-refractivity contribution in [2.75, 3.05) is 0 Å². The Morgan fingerprint density at radius 2 is 1.95 bits per heavy atom. The summed E-state index contributed by atoms with van der Waals surface area (Å²) < 4.78 is 0. The van der Waals surface area contributed by atoms with E-state index in [2.05, 4.69) is 26.0 Å². The molecule has 4 atom stereocenters. The first-order valence-electron chi connectivity index (χ1n) is 8.13. The van der Waals surface area contributed by atoms with Gasteiger partial charge in [-0.2, -0.15) is 0 Å². The van der Waals surface area contributed by atoms with Crippen molar-refractivity contribution in [1.29, 1.82) is 0 Å². The standard InChI is InChI=1S/C19H22O2/c1-18-9-7-13(20)11-12(18)3-4-14-15-5-6-17(21)19(15,2)10-8-16(14)18/h4,7,9,11,15-16H,3,5-6,8,10H2,1-2H3/t15-,16-,18-,19-/m0/s1. The molecule has 2 nitrogen and oxygen atoms in total. The van der Waals surface area contributed by atoms with Gasteiger partial charge in [0.25, 0.3) is 0 Å². The summed E-state index contributed by atoms with van der Waals surface area (Å²) in [6.07, 6.45) is 12.8. The summed E-state index contributed by atoms with van der Waals surface area (Å²) in [6.45, 7) is 4.46. The Morgan fingerprint density at radius 3 is 2.76 bits per heavy atom. The lowest BCUT2D eigenvalue weighted by Crippen LogP contribution is -2.44. The van der Waals surface area contributed by atoms with E-state index in [1.54, 1.807) is 6.08 Å². The largest absolute Gasteiger partial charge is 0.299 e. The minimum absolute atomic E-state index is 0.00897. The zero-order valence-corrected chi connectivity index (χ0v) is 12.8. The number of hydrogen-bond acceptors (Lipinski definition) is 2. The molecule has 0 aromatic rings. The molecule has 0 heterocycles. The maximum absolute atomic E-state index is 12.3. The van der Waals surface area contributed by atoms with Crippen LogP contribution < -0.4 is 0 Å². The second-order valence-electron chi connectivity index (χ2n) is 7.62. The molecule has 0 aromatic heterocycles. The lowest BCUT2D eigenvalue weighted by Gasteiger charge is -2.51. The Bertz CT molecular complexity index is 636. The van der Waals surface area contributed by atoms with Crippen LogP contribution in [0.4, 0.5) is 0 Å². The Morgan fingerprint density at radius 1 is 1.14 bits per heavy atom. The van der Waals surface area contributed by atoms with Gasteiger partial charge in [-0.1, -0.05) is 37.1 Å². The van der Waals surface area contributed by atoms with Gasteiger partial charge < -0.3 is 0 Å². The monoisotopic (exact) mass is 282 g/mol. The number of hydrogen-bond donors (Lipinski definition) is 0. The van der Waals surface area contributed by atoms with Crippen molar-refractivity contribution in [3.8, 4) is 0 Å². The van der Waals surface area contributed by atoms with Crippen LogP contribution in [0.25, 0.3) is 0 Å². The molecular weight excluding hydrogens is 260 g/mol. The minimum atomic E-state index is -0.117. The summed E-state index contributed by atoms with van der Waals surface area (Å²) in [5.74, 6) is 1.50. The van der Waals surface area contributed by atoms with Crippen LogP contribution in [0, 0.1) is 22.7 Å². The number of allylic oxidation sites excluding steroid dienone is 6. The van der Waals surface area contributed by atoms with Gasteiger partial charge in [0.05, 0.1) is 0 Å². The third-order valence-corrected chi connectivity index (χ3v) is 6.71. The van der Waals surface area contributed by atoms with Crippen LogP contribution in [0.15, 0.2) is 35.5 Å². The van der Waals surface area contributed by atoms with Crippen LogP contribution in [-0.2, 0) is 9.59 Å². The molecule has 0 unspecified atom stereocenters. The van der Waals surface area contributed by atoms with E-state index in [-0.39, 0.29) is 16.6 Å². The summed E-state index contributed by atoms with van der Waals surface area (Å²) >= 11 is 0. The molecule has 4 aliphatic carbocycles. The van der Waals surface area contributed by atoms with Gasteiger partial charge in [0.2, 0.25) is 0 Å². The molecule has 21 heavy (non-hydrogen) atoms. The van der Waals surface area contributed by atoms with Crippen LogP contribution >= 0.6 is 0 Å². The van der Waals surface area contributed by atoms with E-state index >= 15 is 0 Å². The average molecular weight is 282 g/mol. The third-order valence-electron chi connectivity index (χ3n) is 6.71. The Balaban J connectivity index is 1.79. The van der Waals surface area contributed by atoms with Gasteiger partial charge in [0.15, 0.2) is 5.78 Å². The maximum Gasteiger partial charge on any atom is 0.178 e. The van der Waals surface area contributed by atoms with Crippen LogP contribution in [0.3, 0.4) is 0 Å². The average Bonchev–Trinajstić information content (AvgIpc) is 2.76. The highest BCUT2D eigenvalue weighted by Crippen LogP contribution is 2.61. The highest BCUT2D eigenvalue weighted by molar-refractivity contribution is 6.01. The predicted octanol–water partition coefficient (Wildman–Crippen LogP) is 3.78. The number of ketones is 2. The van der Waals surface area contributed by atoms with Gasteiger partial charge in [-0.15, -0.1) is 0 Å². The van der Waals surface area contributed by atoms with Gasteiger partial charge in [-0.05, 0) is 49.7 Å². The second-order valence-corrected chi connectivity index (χ2v) is 7.62. The number of carbonyl (C=O) groups excluding carboxylic acids is 2. The molecule has 0 aromatic carbocycles. The minimum Gasteiger partial charge on any atom is -0.299 e. The summed E-state index contributed by atoms with van der Waals surface area (Å²) in [5, 5.41) is 0. The van der Waals surface area contributed by atoms with E-state index in [0.717, 1.165) is 32.1 Å². The zero-order chi connectivity index (χ0) is 14.8. The van der Waals surface area contributed by atoms with Gasteiger partial charge >= 0.3 is 0 Å². The van der Waals surface area contributed by atoms with E-state index in [1.165, 1.54) is 11.1 Å².